The molecule has 1 aliphatic rings. The molecule has 0 bridgehead atoms. The molecule has 1 heterocycles. The number of benzene rings is 1. The maximum Gasteiger partial charge on any atom is 0.244 e. The van der Waals surface area contributed by atoms with Gasteiger partial charge in [0.25, 0.3) is 0 Å². The molecule has 0 radical (unpaired) electrons. The van der Waals surface area contributed by atoms with Gasteiger partial charge in [0.2, 0.25) is 10.0 Å². The Labute approximate surface area is 134 Å². The first-order valence-corrected chi connectivity index (χ1v) is 8.65. The summed E-state index contributed by atoms with van der Waals surface area (Å²) in [5.74, 6) is 0.342. The van der Waals surface area contributed by atoms with Crippen molar-refractivity contribution in [2.45, 2.75) is 23.8 Å². The summed E-state index contributed by atoms with van der Waals surface area (Å²) >= 11 is 12.1. The van der Waals surface area contributed by atoms with E-state index >= 15 is 0 Å². The van der Waals surface area contributed by atoms with Gasteiger partial charge in [0.1, 0.15) is 10.6 Å². The van der Waals surface area contributed by atoms with E-state index in [0.717, 1.165) is 12.8 Å². The van der Waals surface area contributed by atoms with Gasteiger partial charge in [-0.05, 0) is 18.9 Å². The highest BCUT2D eigenvalue weighted by Gasteiger charge is 2.32. The van der Waals surface area contributed by atoms with Crippen LogP contribution >= 0.6 is 23.2 Å². The number of halogens is 2. The lowest BCUT2D eigenvalue weighted by Gasteiger charge is -2.31. The van der Waals surface area contributed by atoms with Crippen LogP contribution in [0.2, 0.25) is 10.0 Å². The van der Waals surface area contributed by atoms with Crippen LogP contribution in [0.4, 0.5) is 0 Å². The second-order valence-corrected chi connectivity index (χ2v) is 7.50. The first-order valence-electron chi connectivity index (χ1n) is 6.46. The van der Waals surface area contributed by atoms with Crippen LogP contribution in [0.5, 0.6) is 5.75 Å². The molecule has 2 rings (SSSR count). The largest absolute Gasteiger partial charge is 0.495 e. The predicted molar refractivity (Wildman–Crippen MR) is 81.8 cm³/mol. The highest BCUT2D eigenvalue weighted by molar-refractivity contribution is 7.89. The smallest absolute Gasteiger partial charge is 0.244 e. The normalized spacial score (nSPS) is 20.5. The lowest BCUT2D eigenvalue weighted by Crippen LogP contribution is -2.42. The number of ether oxygens (including phenoxy) is 2. The van der Waals surface area contributed by atoms with Crippen LogP contribution in [-0.4, -0.2) is 46.1 Å². The van der Waals surface area contributed by atoms with Crippen LogP contribution in [0.25, 0.3) is 0 Å². The van der Waals surface area contributed by atoms with Crippen molar-refractivity contribution in [2.24, 2.45) is 0 Å². The third-order valence-electron chi connectivity index (χ3n) is 3.50. The van der Waals surface area contributed by atoms with Crippen LogP contribution in [0.1, 0.15) is 12.8 Å². The van der Waals surface area contributed by atoms with E-state index in [2.05, 4.69) is 0 Å². The Morgan fingerprint density at radius 2 is 1.95 bits per heavy atom. The molecule has 1 fully saturated rings. The summed E-state index contributed by atoms with van der Waals surface area (Å²) in [5, 5.41) is 0.302. The molecule has 1 unspecified atom stereocenters. The van der Waals surface area contributed by atoms with Crippen molar-refractivity contribution >= 4 is 33.2 Å². The van der Waals surface area contributed by atoms with Gasteiger partial charge < -0.3 is 9.47 Å². The zero-order valence-electron chi connectivity index (χ0n) is 11.8. The molecule has 1 saturated heterocycles. The summed E-state index contributed by atoms with van der Waals surface area (Å²) in [6, 6.07) is 2.74. The fourth-order valence-corrected chi connectivity index (χ4v) is 4.65. The molecule has 0 N–H and O–H groups in total. The molecule has 0 amide bonds. The Balaban J connectivity index is 2.37. The molecule has 21 heavy (non-hydrogen) atoms. The molecule has 1 aromatic carbocycles. The lowest BCUT2D eigenvalue weighted by molar-refractivity contribution is 0.0572. The van der Waals surface area contributed by atoms with Gasteiger partial charge >= 0.3 is 0 Å². The van der Waals surface area contributed by atoms with E-state index in [4.69, 9.17) is 32.7 Å². The average molecular weight is 354 g/mol. The summed E-state index contributed by atoms with van der Waals surface area (Å²) in [5.41, 5.74) is 0. The molecule has 1 aliphatic heterocycles. The quantitative estimate of drug-likeness (QED) is 0.834. The van der Waals surface area contributed by atoms with Crippen molar-refractivity contribution in [2.75, 3.05) is 27.3 Å². The number of rotatable bonds is 4. The molecular weight excluding hydrogens is 337 g/mol. The third-order valence-corrected chi connectivity index (χ3v) is 6.12. The fourth-order valence-electron chi connectivity index (χ4n) is 2.32. The van der Waals surface area contributed by atoms with Crippen molar-refractivity contribution in [1.82, 2.24) is 4.31 Å². The molecule has 118 valence electrons. The van der Waals surface area contributed by atoms with E-state index in [-0.39, 0.29) is 21.0 Å². The van der Waals surface area contributed by atoms with Crippen LogP contribution in [0.15, 0.2) is 17.0 Å². The summed E-state index contributed by atoms with van der Waals surface area (Å²) in [6.07, 6.45) is 1.50. The molecule has 0 saturated carbocycles. The van der Waals surface area contributed by atoms with Crippen molar-refractivity contribution in [3.63, 3.8) is 0 Å². The van der Waals surface area contributed by atoms with Crippen LogP contribution in [0, 0.1) is 0 Å². The third kappa shape index (κ3) is 3.46. The Morgan fingerprint density at radius 3 is 2.57 bits per heavy atom. The topological polar surface area (TPSA) is 55.8 Å². The first-order chi connectivity index (χ1) is 9.90. The minimum Gasteiger partial charge on any atom is -0.495 e. The Hall–Kier alpha value is -0.530. The SMILES string of the molecule is COc1cc(Cl)c(S(=O)(=O)N2CCCC(OC)C2)cc1Cl. The molecule has 5 nitrogen and oxygen atoms in total. The van der Waals surface area contributed by atoms with Crippen molar-refractivity contribution in [3.8, 4) is 5.75 Å². The zero-order chi connectivity index (χ0) is 15.6. The van der Waals surface area contributed by atoms with Crippen molar-refractivity contribution < 1.29 is 17.9 Å². The number of piperidine rings is 1. The zero-order valence-corrected chi connectivity index (χ0v) is 14.1. The van der Waals surface area contributed by atoms with E-state index in [1.807, 2.05) is 0 Å². The maximum atomic E-state index is 12.7. The number of methoxy groups -OCH3 is 2. The van der Waals surface area contributed by atoms with Gasteiger partial charge in [0.15, 0.2) is 0 Å². The summed E-state index contributed by atoms with van der Waals surface area (Å²) in [7, 11) is -0.676. The van der Waals surface area contributed by atoms with Gasteiger partial charge in [-0.15, -0.1) is 0 Å². The molecule has 1 atom stereocenters. The van der Waals surface area contributed by atoms with Gasteiger partial charge in [0, 0.05) is 26.3 Å². The average Bonchev–Trinajstić information content (AvgIpc) is 2.49. The van der Waals surface area contributed by atoms with E-state index in [1.54, 1.807) is 7.11 Å². The standard InChI is InChI=1S/C13H17Cl2NO4S/c1-19-9-4-3-5-16(8-9)21(17,18)13-7-10(14)12(20-2)6-11(13)15/h6-7,9H,3-5,8H2,1-2H3. The summed E-state index contributed by atoms with van der Waals surface area (Å²) < 4.78 is 37.1. The number of nitrogens with zero attached hydrogens (tertiary/aromatic N) is 1. The number of hydrogen-bond donors (Lipinski definition) is 0. The Kier molecular flexibility index (Phi) is 5.38. The van der Waals surface area contributed by atoms with E-state index < -0.39 is 10.0 Å². The Morgan fingerprint density at radius 1 is 1.24 bits per heavy atom. The van der Waals surface area contributed by atoms with Gasteiger partial charge in [-0.2, -0.15) is 4.31 Å². The second kappa shape index (κ2) is 6.71. The second-order valence-electron chi connectivity index (χ2n) is 4.78. The molecule has 0 aliphatic carbocycles. The highest BCUT2D eigenvalue weighted by Crippen LogP contribution is 2.35. The van der Waals surface area contributed by atoms with Gasteiger partial charge in [0.05, 0.1) is 23.3 Å². The van der Waals surface area contributed by atoms with E-state index in [0.29, 0.717) is 18.8 Å². The predicted octanol–water partition coefficient (Wildman–Crippen LogP) is 2.80. The molecule has 1 aromatic rings. The number of hydrogen-bond acceptors (Lipinski definition) is 4. The molecular formula is C13H17Cl2NO4S. The fraction of sp³-hybridized carbons (Fsp3) is 0.538. The molecule has 8 heteroatoms. The van der Waals surface area contributed by atoms with Crippen LogP contribution in [-0.2, 0) is 14.8 Å². The van der Waals surface area contributed by atoms with Gasteiger partial charge in [-0.25, -0.2) is 8.42 Å². The number of sulfonamides is 1. The summed E-state index contributed by atoms with van der Waals surface area (Å²) in [6.45, 7) is 0.765. The highest BCUT2D eigenvalue weighted by atomic mass is 35.5. The summed E-state index contributed by atoms with van der Waals surface area (Å²) in [4.78, 5) is -0.00767. The molecule has 0 aromatic heterocycles. The van der Waals surface area contributed by atoms with Crippen molar-refractivity contribution in [1.29, 1.82) is 0 Å². The lowest BCUT2D eigenvalue weighted by atomic mass is 10.1. The van der Waals surface area contributed by atoms with Gasteiger partial charge in [-0.3, -0.25) is 0 Å². The molecule has 0 spiro atoms. The van der Waals surface area contributed by atoms with Crippen molar-refractivity contribution in [3.05, 3.63) is 22.2 Å². The minimum atomic E-state index is -3.70. The maximum absolute atomic E-state index is 12.7. The van der Waals surface area contributed by atoms with E-state index in [9.17, 15) is 8.42 Å². The van der Waals surface area contributed by atoms with Gasteiger partial charge in [-0.1, -0.05) is 23.2 Å². The van der Waals surface area contributed by atoms with Crippen LogP contribution < -0.4 is 4.74 Å². The van der Waals surface area contributed by atoms with Crippen LogP contribution in [0.3, 0.4) is 0 Å². The minimum absolute atomic E-state index is 0.00767. The monoisotopic (exact) mass is 353 g/mol. The Bertz CT molecular complexity index is 621. The van der Waals surface area contributed by atoms with E-state index in [1.165, 1.54) is 23.5 Å². The first kappa shape index (κ1) is 16.8.